The van der Waals surface area contributed by atoms with Crippen molar-refractivity contribution in [1.82, 2.24) is 9.80 Å². The summed E-state index contributed by atoms with van der Waals surface area (Å²) in [4.78, 5) is 4.62. The van der Waals surface area contributed by atoms with Gasteiger partial charge < -0.3 is 24.2 Å². The van der Waals surface area contributed by atoms with E-state index < -0.39 is 5.60 Å². The van der Waals surface area contributed by atoms with Gasteiger partial charge in [-0.05, 0) is 43.7 Å². The number of para-hydroxylation sites is 1. The molecule has 30 heavy (non-hydrogen) atoms. The summed E-state index contributed by atoms with van der Waals surface area (Å²) >= 11 is 0. The normalized spacial score (nSPS) is 19.5. The second-order valence-electron chi connectivity index (χ2n) is 8.37. The van der Waals surface area contributed by atoms with Crippen LogP contribution in [0.4, 0.5) is 0 Å². The highest BCUT2D eigenvalue weighted by molar-refractivity contribution is 5.47. The first kappa shape index (κ1) is 21.0. The largest absolute Gasteiger partial charge is 0.493 e. The Balaban J connectivity index is 1.56. The van der Waals surface area contributed by atoms with Gasteiger partial charge in [0.1, 0.15) is 12.4 Å². The molecular formula is C24H32N2O4. The van der Waals surface area contributed by atoms with Crippen LogP contribution in [0.15, 0.2) is 36.4 Å². The Morgan fingerprint density at radius 2 is 1.87 bits per heavy atom. The van der Waals surface area contributed by atoms with Crippen LogP contribution in [0.25, 0.3) is 0 Å². The van der Waals surface area contributed by atoms with Crippen molar-refractivity contribution in [2.45, 2.75) is 31.5 Å². The van der Waals surface area contributed by atoms with Crippen molar-refractivity contribution in [3.05, 3.63) is 53.1 Å². The Morgan fingerprint density at radius 3 is 2.60 bits per heavy atom. The van der Waals surface area contributed by atoms with E-state index in [0.29, 0.717) is 6.61 Å². The van der Waals surface area contributed by atoms with E-state index in [1.54, 1.807) is 14.2 Å². The lowest BCUT2D eigenvalue weighted by atomic mass is 9.84. The molecule has 0 amide bonds. The van der Waals surface area contributed by atoms with Gasteiger partial charge in [0.15, 0.2) is 11.5 Å². The summed E-state index contributed by atoms with van der Waals surface area (Å²) in [7, 11) is 5.44. The first-order valence-electron chi connectivity index (χ1n) is 10.6. The van der Waals surface area contributed by atoms with Crippen LogP contribution in [0.5, 0.6) is 17.2 Å². The van der Waals surface area contributed by atoms with Gasteiger partial charge in [-0.15, -0.1) is 0 Å². The summed E-state index contributed by atoms with van der Waals surface area (Å²) in [6.07, 6.45) is 1.52. The zero-order valence-corrected chi connectivity index (χ0v) is 18.2. The molecule has 1 fully saturated rings. The molecule has 2 aliphatic heterocycles. The van der Waals surface area contributed by atoms with Crippen molar-refractivity contribution < 1.29 is 19.3 Å². The predicted octanol–water partition coefficient (Wildman–Crippen LogP) is 3.01. The second kappa shape index (κ2) is 8.84. The topological polar surface area (TPSA) is 54.4 Å². The van der Waals surface area contributed by atoms with Crippen LogP contribution in [0.3, 0.4) is 0 Å². The van der Waals surface area contributed by atoms with Crippen LogP contribution in [0, 0.1) is 0 Å². The molecule has 0 unspecified atom stereocenters. The van der Waals surface area contributed by atoms with E-state index in [1.807, 2.05) is 24.3 Å². The predicted molar refractivity (Wildman–Crippen MR) is 116 cm³/mol. The number of hydrogen-bond acceptors (Lipinski definition) is 6. The van der Waals surface area contributed by atoms with E-state index in [9.17, 15) is 5.11 Å². The minimum absolute atomic E-state index is 0.633. The van der Waals surface area contributed by atoms with E-state index in [4.69, 9.17) is 14.2 Å². The van der Waals surface area contributed by atoms with Crippen molar-refractivity contribution in [3.8, 4) is 17.2 Å². The molecule has 0 spiro atoms. The van der Waals surface area contributed by atoms with Gasteiger partial charge in [-0.1, -0.05) is 18.2 Å². The molecule has 0 saturated carbocycles. The number of methoxy groups -OCH3 is 2. The molecule has 1 N–H and O–H groups in total. The Labute approximate surface area is 179 Å². The maximum absolute atomic E-state index is 11.2. The molecule has 2 heterocycles. The summed E-state index contributed by atoms with van der Waals surface area (Å²) < 4.78 is 17.1. The zero-order valence-electron chi connectivity index (χ0n) is 18.2. The lowest BCUT2D eigenvalue weighted by Gasteiger charge is -2.37. The molecule has 0 bridgehead atoms. The van der Waals surface area contributed by atoms with Gasteiger partial charge in [-0.3, -0.25) is 4.90 Å². The van der Waals surface area contributed by atoms with Crippen molar-refractivity contribution in [2.75, 3.05) is 47.5 Å². The molecule has 0 atom stereocenters. The zero-order chi connectivity index (χ0) is 21.1. The Hall–Kier alpha value is -2.28. The van der Waals surface area contributed by atoms with Crippen molar-refractivity contribution in [2.24, 2.45) is 0 Å². The van der Waals surface area contributed by atoms with Crippen LogP contribution in [-0.2, 0) is 18.7 Å². The quantitative estimate of drug-likeness (QED) is 0.815. The van der Waals surface area contributed by atoms with Crippen molar-refractivity contribution >= 4 is 0 Å². The average molecular weight is 413 g/mol. The van der Waals surface area contributed by atoms with Gasteiger partial charge in [-0.25, -0.2) is 0 Å². The van der Waals surface area contributed by atoms with Crippen molar-refractivity contribution in [1.29, 1.82) is 0 Å². The smallest absolute Gasteiger partial charge is 0.165 e. The number of nitrogens with zero attached hydrogens (tertiary/aromatic N) is 2. The molecule has 6 heteroatoms. The van der Waals surface area contributed by atoms with Crippen LogP contribution in [0.2, 0.25) is 0 Å². The Bertz CT molecular complexity index is 878. The molecule has 2 aromatic carbocycles. The minimum atomic E-state index is -0.755. The maximum atomic E-state index is 11.2. The highest BCUT2D eigenvalue weighted by Gasteiger charge is 2.33. The summed E-state index contributed by atoms with van der Waals surface area (Å²) in [5, 5.41) is 11.2. The number of fused-ring (bicyclic) bond motifs is 1. The SMILES string of the molecule is COc1cccc(CN2CCOc3ccc(C4(O)CCN(C)CC4)cc3C2)c1OC. The van der Waals surface area contributed by atoms with Gasteiger partial charge in [0.2, 0.25) is 0 Å². The molecule has 4 rings (SSSR count). The van der Waals surface area contributed by atoms with Gasteiger partial charge in [0, 0.05) is 43.9 Å². The highest BCUT2D eigenvalue weighted by atomic mass is 16.5. The lowest BCUT2D eigenvalue weighted by Crippen LogP contribution is -2.40. The molecule has 2 aliphatic rings. The van der Waals surface area contributed by atoms with Crippen LogP contribution in [0.1, 0.15) is 29.5 Å². The standard InChI is InChI=1S/C24H32N2O4/c1-25-11-9-24(27,10-12-25)20-7-8-21-19(15-20)17-26(13-14-30-21)16-18-5-4-6-22(28-2)23(18)29-3/h4-8,15,27H,9-14,16-17H2,1-3H3. The average Bonchev–Trinajstić information content (AvgIpc) is 2.96. The number of benzene rings is 2. The first-order chi connectivity index (χ1) is 14.5. The molecule has 0 aliphatic carbocycles. The van der Waals surface area contributed by atoms with Gasteiger partial charge >= 0.3 is 0 Å². The Kier molecular flexibility index (Phi) is 6.18. The first-order valence-corrected chi connectivity index (χ1v) is 10.6. The van der Waals surface area contributed by atoms with Crippen LogP contribution >= 0.6 is 0 Å². The molecule has 0 aromatic heterocycles. The fourth-order valence-electron chi connectivity index (χ4n) is 4.47. The van der Waals surface area contributed by atoms with E-state index >= 15 is 0 Å². The summed E-state index contributed by atoms with van der Waals surface area (Å²) in [6, 6.07) is 12.2. The van der Waals surface area contributed by atoms with Gasteiger partial charge in [0.25, 0.3) is 0 Å². The number of ether oxygens (including phenoxy) is 3. The fourth-order valence-corrected chi connectivity index (χ4v) is 4.47. The Morgan fingerprint density at radius 1 is 1.07 bits per heavy atom. The van der Waals surface area contributed by atoms with E-state index in [2.05, 4.69) is 29.0 Å². The molecule has 6 nitrogen and oxygen atoms in total. The van der Waals surface area contributed by atoms with E-state index in [1.165, 1.54) is 0 Å². The fraction of sp³-hybridized carbons (Fsp3) is 0.500. The van der Waals surface area contributed by atoms with Gasteiger partial charge in [0.05, 0.1) is 19.8 Å². The lowest BCUT2D eigenvalue weighted by molar-refractivity contribution is -0.0204. The molecular weight excluding hydrogens is 380 g/mol. The molecule has 162 valence electrons. The monoisotopic (exact) mass is 412 g/mol. The number of rotatable bonds is 5. The maximum Gasteiger partial charge on any atom is 0.165 e. The number of piperidine rings is 1. The third kappa shape index (κ3) is 4.26. The second-order valence-corrected chi connectivity index (χ2v) is 8.37. The van der Waals surface area contributed by atoms with E-state index in [0.717, 1.165) is 79.5 Å². The summed E-state index contributed by atoms with van der Waals surface area (Å²) in [5.41, 5.74) is 2.46. The highest BCUT2D eigenvalue weighted by Crippen LogP contribution is 2.36. The number of aliphatic hydroxyl groups is 1. The third-order valence-corrected chi connectivity index (χ3v) is 6.35. The molecule has 0 radical (unpaired) electrons. The summed E-state index contributed by atoms with van der Waals surface area (Å²) in [6.45, 7) is 4.77. The third-order valence-electron chi connectivity index (χ3n) is 6.35. The van der Waals surface area contributed by atoms with Crippen molar-refractivity contribution in [3.63, 3.8) is 0 Å². The summed E-state index contributed by atoms with van der Waals surface area (Å²) in [5.74, 6) is 2.43. The molecule has 2 aromatic rings. The number of hydrogen-bond donors (Lipinski definition) is 1. The van der Waals surface area contributed by atoms with E-state index in [-0.39, 0.29) is 0 Å². The number of likely N-dealkylation sites (tertiary alicyclic amines) is 1. The van der Waals surface area contributed by atoms with Crippen LogP contribution in [-0.4, -0.2) is 62.4 Å². The van der Waals surface area contributed by atoms with Crippen LogP contribution < -0.4 is 14.2 Å². The minimum Gasteiger partial charge on any atom is -0.493 e. The molecule has 1 saturated heterocycles. The van der Waals surface area contributed by atoms with Gasteiger partial charge in [-0.2, -0.15) is 0 Å².